The largest absolute Gasteiger partial charge is 0.508 e. The van der Waals surface area contributed by atoms with Crippen molar-refractivity contribution in [2.75, 3.05) is 31.5 Å². The van der Waals surface area contributed by atoms with Gasteiger partial charge in [-0.1, -0.05) is 36.8 Å². The van der Waals surface area contributed by atoms with Gasteiger partial charge in [0, 0.05) is 31.0 Å². The summed E-state index contributed by atoms with van der Waals surface area (Å²) in [7, 11) is 0. The molecule has 0 radical (unpaired) electrons. The number of ether oxygens (including phenoxy) is 2. The van der Waals surface area contributed by atoms with E-state index < -0.39 is 0 Å². The first-order valence-electron chi connectivity index (χ1n) is 12.8. The van der Waals surface area contributed by atoms with E-state index in [9.17, 15) is 9.90 Å². The Kier molecular flexibility index (Phi) is 7.57. The number of phenolic OH excluding ortho intramolecular Hbond substituents is 1. The molecule has 4 aromatic rings. The fourth-order valence-corrected chi connectivity index (χ4v) is 4.84. The second-order valence-corrected chi connectivity index (χ2v) is 9.39. The Morgan fingerprint density at radius 1 is 0.946 bits per heavy atom. The zero-order valence-electron chi connectivity index (χ0n) is 21.1. The first-order valence-corrected chi connectivity index (χ1v) is 12.8. The summed E-state index contributed by atoms with van der Waals surface area (Å²) in [5, 5.41) is 15.4. The number of phenols is 1. The molecule has 6 nitrogen and oxygen atoms in total. The van der Waals surface area contributed by atoms with E-state index in [-0.39, 0.29) is 11.7 Å². The highest BCUT2D eigenvalue weighted by molar-refractivity contribution is 5.96. The van der Waals surface area contributed by atoms with Gasteiger partial charge in [0.05, 0.1) is 5.69 Å². The zero-order chi connectivity index (χ0) is 25.6. The van der Waals surface area contributed by atoms with Crippen molar-refractivity contribution in [3.63, 3.8) is 0 Å². The highest BCUT2D eigenvalue weighted by Crippen LogP contribution is 2.42. The number of piperidine rings is 1. The summed E-state index contributed by atoms with van der Waals surface area (Å²) in [4.78, 5) is 13.8. The molecule has 0 bridgehead atoms. The van der Waals surface area contributed by atoms with Gasteiger partial charge < -0.3 is 24.8 Å². The van der Waals surface area contributed by atoms with Gasteiger partial charge in [0.15, 0.2) is 5.75 Å². The number of carbonyl (C=O) groups is 1. The van der Waals surface area contributed by atoms with Crippen molar-refractivity contribution in [1.82, 2.24) is 4.90 Å². The molecule has 37 heavy (non-hydrogen) atoms. The smallest absolute Gasteiger partial charge is 0.308 e. The van der Waals surface area contributed by atoms with Crippen molar-refractivity contribution in [2.45, 2.75) is 26.2 Å². The molecule has 1 heterocycles. The monoisotopic (exact) mass is 496 g/mol. The third-order valence-corrected chi connectivity index (χ3v) is 6.67. The van der Waals surface area contributed by atoms with Crippen LogP contribution in [0.3, 0.4) is 0 Å². The van der Waals surface area contributed by atoms with Crippen molar-refractivity contribution in [1.29, 1.82) is 0 Å². The van der Waals surface area contributed by atoms with Gasteiger partial charge in [-0.25, -0.2) is 0 Å². The van der Waals surface area contributed by atoms with Crippen LogP contribution in [0.25, 0.3) is 21.9 Å². The Hall–Kier alpha value is -4.03. The molecule has 0 atom stereocenters. The fraction of sp³-hybridized carbons (Fsp3) is 0.258. The highest BCUT2D eigenvalue weighted by Gasteiger charge is 2.16. The molecule has 0 unspecified atom stereocenters. The Balaban J connectivity index is 1.46. The van der Waals surface area contributed by atoms with Crippen LogP contribution >= 0.6 is 0 Å². The number of rotatable bonds is 8. The lowest BCUT2D eigenvalue weighted by Gasteiger charge is -2.26. The lowest BCUT2D eigenvalue weighted by molar-refractivity contribution is -0.131. The van der Waals surface area contributed by atoms with Gasteiger partial charge in [-0.05, 0) is 85.4 Å². The summed E-state index contributed by atoms with van der Waals surface area (Å²) in [6, 6.07) is 24.6. The second-order valence-electron chi connectivity index (χ2n) is 9.39. The predicted octanol–water partition coefficient (Wildman–Crippen LogP) is 6.83. The van der Waals surface area contributed by atoms with Crippen LogP contribution in [-0.4, -0.2) is 42.2 Å². The van der Waals surface area contributed by atoms with Gasteiger partial charge in [0.2, 0.25) is 0 Å². The minimum absolute atomic E-state index is 0.205. The van der Waals surface area contributed by atoms with E-state index in [2.05, 4.69) is 10.2 Å². The standard InChI is InChI=1S/C31H32N2O4/c1-22(34)36-26-13-9-23(10-14-26)27-15-11-24-21-25(35)12-16-28(24)31(27)37-30-8-4-3-7-29(30)32-17-20-33-18-5-2-6-19-33/h3-4,7-16,21,32,35H,2,5-6,17-20H2,1H3. The average molecular weight is 497 g/mol. The van der Waals surface area contributed by atoms with Crippen LogP contribution in [0.5, 0.6) is 23.0 Å². The van der Waals surface area contributed by atoms with Crippen molar-refractivity contribution < 1.29 is 19.4 Å². The Labute approximate surface area is 217 Å². The first kappa shape index (κ1) is 24.7. The maximum Gasteiger partial charge on any atom is 0.308 e. The van der Waals surface area contributed by atoms with E-state index in [1.165, 1.54) is 39.3 Å². The fourth-order valence-electron chi connectivity index (χ4n) is 4.84. The molecule has 2 N–H and O–H groups in total. The van der Waals surface area contributed by atoms with E-state index in [1.54, 1.807) is 24.3 Å². The Bertz CT molecular complexity index is 1380. The van der Waals surface area contributed by atoms with Crippen LogP contribution in [0.15, 0.2) is 78.9 Å². The van der Waals surface area contributed by atoms with Crippen LogP contribution in [0.1, 0.15) is 26.2 Å². The molecule has 0 amide bonds. The van der Waals surface area contributed by atoms with Crippen molar-refractivity contribution in [2.24, 2.45) is 0 Å². The summed E-state index contributed by atoms with van der Waals surface area (Å²) in [6.07, 6.45) is 3.89. The third kappa shape index (κ3) is 6.04. The lowest BCUT2D eigenvalue weighted by Crippen LogP contribution is -2.33. The normalized spacial score (nSPS) is 13.9. The molecule has 1 aliphatic rings. The molecule has 6 heteroatoms. The molecule has 4 aromatic carbocycles. The molecule has 5 rings (SSSR count). The predicted molar refractivity (Wildman–Crippen MR) is 148 cm³/mol. The topological polar surface area (TPSA) is 71.0 Å². The number of nitrogens with zero attached hydrogens (tertiary/aromatic N) is 1. The number of hydrogen-bond donors (Lipinski definition) is 2. The number of para-hydroxylation sites is 2. The summed E-state index contributed by atoms with van der Waals surface area (Å²) in [5.74, 6) is 1.78. The van der Waals surface area contributed by atoms with Gasteiger partial charge in [-0.2, -0.15) is 0 Å². The Morgan fingerprint density at radius 2 is 1.73 bits per heavy atom. The van der Waals surface area contributed by atoms with Crippen molar-refractivity contribution in [3.8, 4) is 34.1 Å². The Morgan fingerprint density at radius 3 is 2.51 bits per heavy atom. The number of nitrogens with one attached hydrogen (secondary N) is 1. The maximum absolute atomic E-state index is 11.3. The molecule has 0 aromatic heterocycles. The summed E-state index contributed by atoms with van der Waals surface area (Å²) < 4.78 is 11.8. The van der Waals surface area contributed by atoms with Crippen LogP contribution < -0.4 is 14.8 Å². The number of hydrogen-bond acceptors (Lipinski definition) is 6. The minimum atomic E-state index is -0.355. The molecule has 1 fully saturated rings. The second kappa shape index (κ2) is 11.4. The molecule has 1 saturated heterocycles. The summed E-state index contributed by atoms with van der Waals surface area (Å²) in [5.41, 5.74) is 2.76. The van der Waals surface area contributed by atoms with Crippen LogP contribution in [0.2, 0.25) is 0 Å². The van der Waals surface area contributed by atoms with Crippen LogP contribution in [0, 0.1) is 0 Å². The number of benzene rings is 4. The molecule has 0 aliphatic carbocycles. The quantitative estimate of drug-likeness (QED) is 0.206. The summed E-state index contributed by atoms with van der Waals surface area (Å²) in [6.45, 7) is 5.57. The van der Waals surface area contributed by atoms with E-state index in [1.807, 2.05) is 54.6 Å². The van der Waals surface area contributed by atoms with Gasteiger partial charge in [0.1, 0.15) is 17.2 Å². The van der Waals surface area contributed by atoms with E-state index in [4.69, 9.17) is 9.47 Å². The number of likely N-dealkylation sites (tertiary alicyclic amines) is 1. The SMILES string of the molecule is CC(=O)Oc1ccc(-c2ccc3cc(O)ccc3c2Oc2ccccc2NCCN2CCCCC2)cc1. The number of anilines is 1. The van der Waals surface area contributed by atoms with E-state index in [0.717, 1.165) is 46.4 Å². The van der Waals surface area contributed by atoms with E-state index in [0.29, 0.717) is 11.5 Å². The maximum atomic E-state index is 11.3. The van der Waals surface area contributed by atoms with E-state index >= 15 is 0 Å². The minimum Gasteiger partial charge on any atom is -0.508 e. The number of fused-ring (bicyclic) bond motifs is 1. The first-order chi connectivity index (χ1) is 18.1. The van der Waals surface area contributed by atoms with Gasteiger partial charge in [-0.3, -0.25) is 4.79 Å². The van der Waals surface area contributed by atoms with Crippen LogP contribution in [-0.2, 0) is 4.79 Å². The molecule has 1 aliphatic heterocycles. The van der Waals surface area contributed by atoms with Crippen molar-refractivity contribution >= 4 is 22.4 Å². The number of aromatic hydroxyl groups is 1. The molecule has 190 valence electrons. The summed E-state index contributed by atoms with van der Waals surface area (Å²) >= 11 is 0. The lowest BCUT2D eigenvalue weighted by atomic mass is 9.99. The van der Waals surface area contributed by atoms with Gasteiger partial charge in [-0.15, -0.1) is 0 Å². The highest BCUT2D eigenvalue weighted by atomic mass is 16.5. The molecular formula is C31H32N2O4. The molecular weight excluding hydrogens is 464 g/mol. The third-order valence-electron chi connectivity index (χ3n) is 6.67. The van der Waals surface area contributed by atoms with Crippen molar-refractivity contribution in [3.05, 3.63) is 78.9 Å². The number of carbonyl (C=O) groups excluding carboxylic acids is 1. The average Bonchev–Trinajstić information content (AvgIpc) is 2.90. The number of esters is 1. The van der Waals surface area contributed by atoms with Gasteiger partial charge >= 0.3 is 5.97 Å². The molecule has 0 saturated carbocycles. The van der Waals surface area contributed by atoms with Crippen LogP contribution in [0.4, 0.5) is 5.69 Å². The molecule has 0 spiro atoms. The zero-order valence-corrected chi connectivity index (χ0v) is 21.1. The van der Waals surface area contributed by atoms with Gasteiger partial charge in [0.25, 0.3) is 0 Å².